The molecule has 1 aliphatic rings. The molecule has 140 valence electrons. The molecule has 5 nitrogen and oxygen atoms in total. The van der Waals surface area contributed by atoms with Crippen LogP contribution in [0, 0.1) is 11.8 Å². The predicted molar refractivity (Wildman–Crippen MR) is 97.0 cm³/mol. The first-order valence-corrected chi connectivity index (χ1v) is 9.04. The van der Waals surface area contributed by atoms with Crippen LogP contribution in [0.2, 0.25) is 0 Å². The van der Waals surface area contributed by atoms with Gasteiger partial charge in [0.25, 0.3) is 0 Å². The van der Waals surface area contributed by atoms with Gasteiger partial charge in [-0.25, -0.2) is 0 Å². The zero-order valence-corrected chi connectivity index (χ0v) is 14.9. The molecule has 25 heavy (non-hydrogen) atoms. The lowest BCUT2D eigenvalue weighted by atomic mass is 9.90. The van der Waals surface area contributed by atoms with Crippen LogP contribution in [0.1, 0.15) is 51.9 Å². The zero-order chi connectivity index (χ0) is 18.7. The Morgan fingerprint density at radius 2 is 2.04 bits per heavy atom. The highest BCUT2D eigenvalue weighted by molar-refractivity contribution is 5.86. The van der Waals surface area contributed by atoms with E-state index in [4.69, 9.17) is 5.11 Å². The summed E-state index contributed by atoms with van der Waals surface area (Å²) in [7, 11) is 0. The summed E-state index contributed by atoms with van der Waals surface area (Å²) in [5.41, 5.74) is 0. The van der Waals surface area contributed by atoms with Crippen LogP contribution in [0.25, 0.3) is 0 Å². The second kappa shape index (κ2) is 11.8. The number of Topliss-reactive ketones (excluding diaryl/α,β-unsaturated/α-hetero) is 1. The number of carbonyl (C=O) groups is 2. The van der Waals surface area contributed by atoms with E-state index in [1.54, 1.807) is 12.2 Å². The predicted octanol–water partition coefficient (Wildman–Crippen LogP) is 3.03. The summed E-state index contributed by atoms with van der Waals surface area (Å²) in [6, 6.07) is 0. The van der Waals surface area contributed by atoms with Crippen molar-refractivity contribution in [1.82, 2.24) is 0 Å². The molecule has 0 aromatic rings. The molecular formula is C20H30O5. The minimum absolute atomic E-state index is 0.00401. The van der Waals surface area contributed by atoms with Gasteiger partial charge in [-0.15, -0.1) is 0 Å². The van der Waals surface area contributed by atoms with Gasteiger partial charge in [0.1, 0.15) is 5.78 Å². The Kier molecular flexibility index (Phi) is 10.0. The molecule has 0 unspecified atom stereocenters. The zero-order valence-electron chi connectivity index (χ0n) is 14.9. The molecule has 0 radical (unpaired) electrons. The smallest absolute Gasteiger partial charge is 0.303 e. The van der Waals surface area contributed by atoms with Gasteiger partial charge in [0.15, 0.2) is 0 Å². The van der Waals surface area contributed by atoms with Gasteiger partial charge in [-0.1, -0.05) is 43.4 Å². The highest BCUT2D eigenvalue weighted by Gasteiger charge is 2.39. The maximum atomic E-state index is 12.1. The second-order valence-electron chi connectivity index (χ2n) is 6.49. The molecule has 0 aliphatic heterocycles. The highest BCUT2D eigenvalue weighted by Crippen LogP contribution is 2.33. The Hall–Kier alpha value is -1.72. The third-order valence-electron chi connectivity index (χ3n) is 4.39. The van der Waals surface area contributed by atoms with E-state index in [2.05, 4.69) is 0 Å². The fourth-order valence-corrected chi connectivity index (χ4v) is 3.00. The summed E-state index contributed by atoms with van der Waals surface area (Å²) in [6.07, 6.45) is 13.4. The van der Waals surface area contributed by atoms with Crippen molar-refractivity contribution in [1.29, 1.82) is 0 Å². The van der Waals surface area contributed by atoms with Crippen molar-refractivity contribution in [2.24, 2.45) is 11.8 Å². The Morgan fingerprint density at radius 1 is 1.28 bits per heavy atom. The molecule has 4 atom stereocenters. The maximum Gasteiger partial charge on any atom is 0.303 e. The Balaban J connectivity index is 2.52. The number of carboxylic acids is 1. The number of aliphatic hydroxyl groups excluding tert-OH is 2. The lowest BCUT2D eigenvalue weighted by Crippen LogP contribution is -2.19. The SMILES string of the molecule is CC/C=C\C[C@H](O)/C=C/[C@H]1C(=O)C[C@@H](O)[C@H]1C/C=C\CCCC(=O)O. The van der Waals surface area contributed by atoms with Gasteiger partial charge < -0.3 is 15.3 Å². The van der Waals surface area contributed by atoms with E-state index in [1.807, 2.05) is 31.2 Å². The molecule has 0 heterocycles. The Bertz CT molecular complexity index is 506. The first-order chi connectivity index (χ1) is 12.0. The van der Waals surface area contributed by atoms with Crippen LogP contribution >= 0.6 is 0 Å². The quantitative estimate of drug-likeness (QED) is 0.393. The van der Waals surface area contributed by atoms with Crippen LogP contribution in [0.5, 0.6) is 0 Å². The van der Waals surface area contributed by atoms with Gasteiger partial charge in [0, 0.05) is 24.7 Å². The summed E-state index contributed by atoms with van der Waals surface area (Å²) in [5, 5.41) is 28.6. The van der Waals surface area contributed by atoms with E-state index in [-0.39, 0.29) is 30.5 Å². The van der Waals surface area contributed by atoms with E-state index in [0.717, 1.165) is 6.42 Å². The van der Waals surface area contributed by atoms with Crippen LogP contribution in [-0.2, 0) is 9.59 Å². The fourth-order valence-electron chi connectivity index (χ4n) is 3.00. The summed E-state index contributed by atoms with van der Waals surface area (Å²) in [6.45, 7) is 2.02. The molecule has 1 rings (SSSR count). The number of rotatable bonds is 11. The number of carbonyl (C=O) groups excluding carboxylic acids is 1. The Labute approximate surface area is 149 Å². The van der Waals surface area contributed by atoms with Crippen molar-refractivity contribution in [2.75, 3.05) is 0 Å². The minimum Gasteiger partial charge on any atom is -0.481 e. The summed E-state index contributed by atoms with van der Waals surface area (Å²) < 4.78 is 0. The van der Waals surface area contributed by atoms with Crippen LogP contribution in [0.4, 0.5) is 0 Å². The minimum atomic E-state index is -0.803. The van der Waals surface area contributed by atoms with Gasteiger partial charge in [0.2, 0.25) is 0 Å². The van der Waals surface area contributed by atoms with Crippen molar-refractivity contribution in [3.8, 4) is 0 Å². The summed E-state index contributed by atoms with van der Waals surface area (Å²) in [4.78, 5) is 22.5. The molecule has 0 amide bonds. The molecule has 0 aromatic heterocycles. The van der Waals surface area contributed by atoms with Crippen molar-refractivity contribution in [2.45, 2.75) is 64.1 Å². The third-order valence-corrected chi connectivity index (χ3v) is 4.39. The molecular weight excluding hydrogens is 320 g/mol. The van der Waals surface area contributed by atoms with Crippen molar-refractivity contribution < 1.29 is 24.9 Å². The van der Waals surface area contributed by atoms with Gasteiger partial charge >= 0.3 is 5.97 Å². The van der Waals surface area contributed by atoms with E-state index in [0.29, 0.717) is 25.7 Å². The lowest BCUT2D eigenvalue weighted by Gasteiger charge is -2.17. The van der Waals surface area contributed by atoms with E-state index < -0.39 is 18.2 Å². The molecule has 1 aliphatic carbocycles. The molecule has 0 bridgehead atoms. The van der Waals surface area contributed by atoms with Crippen molar-refractivity contribution >= 4 is 11.8 Å². The summed E-state index contributed by atoms with van der Waals surface area (Å²) >= 11 is 0. The monoisotopic (exact) mass is 350 g/mol. The molecule has 0 aromatic carbocycles. The number of hydrogen-bond donors (Lipinski definition) is 3. The van der Waals surface area contributed by atoms with Crippen LogP contribution in [-0.4, -0.2) is 39.3 Å². The lowest BCUT2D eigenvalue weighted by molar-refractivity contribution is -0.137. The van der Waals surface area contributed by atoms with Crippen molar-refractivity contribution in [3.63, 3.8) is 0 Å². The number of carboxylic acid groups (broad SMARTS) is 1. The second-order valence-corrected chi connectivity index (χ2v) is 6.49. The first kappa shape index (κ1) is 21.3. The average molecular weight is 350 g/mol. The van der Waals surface area contributed by atoms with E-state index in [1.165, 1.54) is 0 Å². The fraction of sp³-hybridized carbons (Fsp3) is 0.600. The molecule has 0 spiro atoms. The maximum absolute atomic E-state index is 12.1. The van der Waals surface area contributed by atoms with Gasteiger partial charge in [-0.3, -0.25) is 9.59 Å². The van der Waals surface area contributed by atoms with Gasteiger partial charge in [-0.2, -0.15) is 0 Å². The number of allylic oxidation sites excluding steroid dienone is 4. The molecule has 0 saturated heterocycles. The van der Waals surface area contributed by atoms with Gasteiger partial charge in [-0.05, 0) is 32.1 Å². The van der Waals surface area contributed by atoms with E-state index in [9.17, 15) is 19.8 Å². The normalized spacial score (nSPS) is 25.6. The molecule has 1 fully saturated rings. The van der Waals surface area contributed by atoms with Crippen LogP contribution < -0.4 is 0 Å². The third kappa shape index (κ3) is 8.27. The molecule has 1 saturated carbocycles. The van der Waals surface area contributed by atoms with E-state index >= 15 is 0 Å². The number of hydrogen-bond acceptors (Lipinski definition) is 4. The van der Waals surface area contributed by atoms with Crippen LogP contribution in [0.15, 0.2) is 36.5 Å². The topological polar surface area (TPSA) is 94.8 Å². The Morgan fingerprint density at radius 3 is 2.72 bits per heavy atom. The molecule has 3 N–H and O–H groups in total. The van der Waals surface area contributed by atoms with Gasteiger partial charge in [0.05, 0.1) is 12.2 Å². The number of ketones is 1. The molecule has 5 heteroatoms. The summed E-state index contributed by atoms with van der Waals surface area (Å²) in [5.74, 6) is -1.35. The number of unbranched alkanes of at least 4 members (excludes halogenated alkanes) is 1. The highest BCUT2D eigenvalue weighted by atomic mass is 16.4. The number of aliphatic carboxylic acids is 1. The average Bonchev–Trinajstić information content (AvgIpc) is 2.82. The largest absolute Gasteiger partial charge is 0.481 e. The first-order valence-electron chi connectivity index (χ1n) is 9.04. The van der Waals surface area contributed by atoms with Crippen LogP contribution in [0.3, 0.4) is 0 Å². The standard InChI is InChI=1S/C20H30O5/c1-2-3-6-9-15(21)12-13-17-16(18(22)14-19(17)23)10-7-4-5-8-11-20(24)25/h3-4,6-7,12-13,15-18,21-22H,2,5,8-11,14H2,1H3,(H,24,25)/b6-3-,7-4-,13-12+/t15-,16-,17+,18+/m0/s1. The number of aliphatic hydroxyl groups is 2. The van der Waals surface area contributed by atoms with Crippen molar-refractivity contribution in [3.05, 3.63) is 36.5 Å².